The zero-order valence-electron chi connectivity index (χ0n) is 7.11. The van der Waals surface area contributed by atoms with Crippen molar-refractivity contribution in [2.24, 2.45) is 5.73 Å². The molecule has 0 heterocycles. The summed E-state index contributed by atoms with van der Waals surface area (Å²) in [5.74, 6) is -0.954. The molecular formula is C8H8F2N2O2. The van der Waals surface area contributed by atoms with Gasteiger partial charge in [0.05, 0.1) is 11.0 Å². The van der Waals surface area contributed by atoms with E-state index in [-0.39, 0.29) is 5.56 Å². The minimum Gasteiger partial charge on any atom is -0.322 e. The second-order valence-electron chi connectivity index (χ2n) is 2.73. The highest BCUT2D eigenvalue weighted by atomic mass is 19.1. The van der Waals surface area contributed by atoms with Gasteiger partial charge in [-0.3, -0.25) is 10.1 Å². The van der Waals surface area contributed by atoms with Gasteiger partial charge < -0.3 is 5.73 Å². The molecule has 6 heteroatoms. The molecule has 0 saturated carbocycles. The van der Waals surface area contributed by atoms with Gasteiger partial charge in [0.15, 0.2) is 0 Å². The molecule has 1 rings (SSSR count). The Labute approximate surface area is 78.5 Å². The Morgan fingerprint density at radius 3 is 2.71 bits per heavy atom. The highest BCUT2D eigenvalue weighted by Crippen LogP contribution is 2.21. The summed E-state index contributed by atoms with van der Waals surface area (Å²) in [6.07, 6.45) is 0. The minimum absolute atomic E-state index is 0.209. The second-order valence-corrected chi connectivity index (χ2v) is 2.73. The maximum atomic E-state index is 12.8. The first-order valence-corrected chi connectivity index (χ1v) is 3.81. The highest BCUT2D eigenvalue weighted by Gasteiger charge is 2.16. The van der Waals surface area contributed by atoms with E-state index in [0.717, 1.165) is 12.1 Å². The van der Waals surface area contributed by atoms with Gasteiger partial charge in [0.1, 0.15) is 6.67 Å². The van der Waals surface area contributed by atoms with Crippen LogP contribution in [-0.2, 0) is 0 Å². The number of hydrogen-bond acceptors (Lipinski definition) is 3. The molecule has 0 unspecified atom stereocenters. The molecule has 0 aliphatic rings. The molecule has 14 heavy (non-hydrogen) atoms. The number of alkyl halides is 1. The quantitative estimate of drug-likeness (QED) is 0.599. The molecule has 0 amide bonds. The van der Waals surface area contributed by atoms with Gasteiger partial charge in [-0.25, -0.2) is 4.39 Å². The Bertz CT molecular complexity index is 357. The predicted molar refractivity (Wildman–Crippen MR) is 46.0 cm³/mol. The van der Waals surface area contributed by atoms with Crippen LogP contribution in [0.2, 0.25) is 0 Å². The first-order valence-electron chi connectivity index (χ1n) is 3.81. The number of benzene rings is 1. The Kier molecular flexibility index (Phi) is 3.08. The van der Waals surface area contributed by atoms with E-state index in [9.17, 15) is 18.9 Å². The highest BCUT2D eigenvalue weighted by molar-refractivity contribution is 5.37. The first kappa shape index (κ1) is 10.5. The molecule has 4 nitrogen and oxygen atoms in total. The third-order valence-electron chi connectivity index (χ3n) is 1.76. The van der Waals surface area contributed by atoms with Crippen molar-refractivity contribution in [2.45, 2.75) is 6.04 Å². The zero-order valence-corrected chi connectivity index (χ0v) is 7.11. The SMILES string of the molecule is N[C@H](CF)c1ccc(F)c([N+](=O)[O-])c1. The molecule has 0 fully saturated rings. The molecule has 0 spiro atoms. The Balaban J connectivity index is 3.12. The Hall–Kier alpha value is -1.56. The number of nitro benzene ring substituents is 1. The second kappa shape index (κ2) is 4.10. The number of nitrogens with two attached hydrogens (primary N) is 1. The third kappa shape index (κ3) is 2.02. The van der Waals surface area contributed by atoms with Gasteiger partial charge in [0.25, 0.3) is 0 Å². The van der Waals surface area contributed by atoms with E-state index in [1.54, 1.807) is 0 Å². The van der Waals surface area contributed by atoms with Gasteiger partial charge in [-0.2, -0.15) is 4.39 Å². The molecule has 1 aromatic carbocycles. The molecule has 0 bridgehead atoms. The molecule has 0 aliphatic heterocycles. The fourth-order valence-electron chi connectivity index (χ4n) is 0.989. The van der Waals surface area contributed by atoms with Crippen molar-refractivity contribution >= 4 is 5.69 Å². The summed E-state index contributed by atoms with van der Waals surface area (Å²) in [6, 6.07) is 2.13. The maximum Gasteiger partial charge on any atom is 0.305 e. The van der Waals surface area contributed by atoms with Crippen LogP contribution >= 0.6 is 0 Å². The van der Waals surface area contributed by atoms with E-state index in [1.807, 2.05) is 0 Å². The lowest BCUT2D eigenvalue weighted by molar-refractivity contribution is -0.387. The topological polar surface area (TPSA) is 69.2 Å². The molecule has 2 N–H and O–H groups in total. The molecular weight excluding hydrogens is 194 g/mol. The van der Waals surface area contributed by atoms with Crippen molar-refractivity contribution in [1.29, 1.82) is 0 Å². The lowest BCUT2D eigenvalue weighted by atomic mass is 10.1. The van der Waals surface area contributed by atoms with Gasteiger partial charge in [0, 0.05) is 6.07 Å². The van der Waals surface area contributed by atoms with Crippen molar-refractivity contribution in [3.8, 4) is 0 Å². The van der Waals surface area contributed by atoms with Gasteiger partial charge in [-0.15, -0.1) is 0 Å². The zero-order chi connectivity index (χ0) is 10.7. The largest absolute Gasteiger partial charge is 0.322 e. The van der Waals surface area contributed by atoms with E-state index < -0.39 is 29.1 Å². The summed E-state index contributed by atoms with van der Waals surface area (Å²) in [7, 11) is 0. The monoisotopic (exact) mass is 202 g/mol. The number of hydrogen-bond donors (Lipinski definition) is 1. The predicted octanol–water partition coefficient (Wildman–Crippen LogP) is 1.70. The number of nitro groups is 1. The van der Waals surface area contributed by atoms with Crippen LogP contribution in [-0.4, -0.2) is 11.6 Å². The smallest absolute Gasteiger partial charge is 0.305 e. The van der Waals surface area contributed by atoms with E-state index in [4.69, 9.17) is 5.73 Å². The lowest BCUT2D eigenvalue weighted by Gasteiger charge is -2.06. The summed E-state index contributed by atoms with van der Waals surface area (Å²) in [5, 5.41) is 10.3. The molecule has 0 aliphatic carbocycles. The molecule has 0 saturated heterocycles. The fraction of sp³-hybridized carbons (Fsp3) is 0.250. The van der Waals surface area contributed by atoms with Gasteiger partial charge in [-0.1, -0.05) is 6.07 Å². The van der Waals surface area contributed by atoms with Crippen molar-refractivity contribution < 1.29 is 13.7 Å². The van der Waals surface area contributed by atoms with Gasteiger partial charge in [-0.05, 0) is 11.6 Å². The van der Waals surface area contributed by atoms with Crippen LogP contribution in [0.5, 0.6) is 0 Å². The third-order valence-corrected chi connectivity index (χ3v) is 1.76. The van der Waals surface area contributed by atoms with E-state index in [0.29, 0.717) is 0 Å². The summed E-state index contributed by atoms with van der Waals surface area (Å²) in [6.45, 7) is -0.844. The lowest BCUT2D eigenvalue weighted by Crippen LogP contribution is -2.12. The van der Waals surface area contributed by atoms with Crippen molar-refractivity contribution in [1.82, 2.24) is 0 Å². The molecule has 1 aromatic rings. The molecule has 1 atom stereocenters. The molecule has 0 radical (unpaired) electrons. The molecule has 76 valence electrons. The van der Waals surface area contributed by atoms with Gasteiger partial charge >= 0.3 is 5.69 Å². The van der Waals surface area contributed by atoms with Crippen LogP contribution in [0.4, 0.5) is 14.5 Å². The van der Waals surface area contributed by atoms with E-state index in [2.05, 4.69) is 0 Å². The van der Waals surface area contributed by atoms with Crippen molar-refractivity contribution in [2.75, 3.05) is 6.67 Å². The maximum absolute atomic E-state index is 12.8. The Morgan fingerprint density at radius 1 is 1.57 bits per heavy atom. The first-order chi connectivity index (χ1) is 6.56. The summed E-state index contributed by atoms with van der Waals surface area (Å²) >= 11 is 0. The summed E-state index contributed by atoms with van der Waals surface area (Å²) in [4.78, 5) is 9.44. The van der Waals surface area contributed by atoms with E-state index >= 15 is 0 Å². The van der Waals surface area contributed by atoms with Crippen LogP contribution in [0, 0.1) is 15.9 Å². The van der Waals surface area contributed by atoms with Crippen LogP contribution in [0.25, 0.3) is 0 Å². The van der Waals surface area contributed by atoms with Crippen LogP contribution in [0.1, 0.15) is 11.6 Å². The average molecular weight is 202 g/mol. The minimum atomic E-state index is -0.954. The summed E-state index contributed by atoms with van der Waals surface area (Å²) < 4.78 is 24.9. The average Bonchev–Trinajstić information content (AvgIpc) is 2.17. The normalized spacial score (nSPS) is 12.5. The van der Waals surface area contributed by atoms with Crippen LogP contribution in [0.15, 0.2) is 18.2 Å². The summed E-state index contributed by atoms with van der Waals surface area (Å²) in [5.41, 5.74) is 4.81. The van der Waals surface area contributed by atoms with E-state index in [1.165, 1.54) is 6.07 Å². The number of halogens is 2. The fourth-order valence-corrected chi connectivity index (χ4v) is 0.989. The standard InChI is InChI=1S/C8H8F2N2O2/c9-4-7(11)5-1-2-6(10)8(3-5)12(13)14/h1-3,7H,4,11H2/t7-/m1/s1. The Morgan fingerprint density at radius 2 is 2.21 bits per heavy atom. The number of nitrogens with zero attached hydrogens (tertiary/aromatic N) is 1. The van der Waals surface area contributed by atoms with Crippen molar-refractivity contribution in [3.63, 3.8) is 0 Å². The number of rotatable bonds is 3. The van der Waals surface area contributed by atoms with Gasteiger partial charge in [0.2, 0.25) is 5.82 Å². The van der Waals surface area contributed by atoms with Crippen LogP contribution in [0.3, 0.4) is 0 Å². The van der Waals surface area contributed by atoms with Crippen LogP contribution < -0.4 is 5.73 Å². The molecule has 0 aromatic heterocycles. The van der Waals surface area contributed by atoms with Crippen molar-refractivity contribution in [3.05, 3.63) is 39.7 Å².